The van der Waals surface area contributed by atoms with Crippen LogP contribution < -0.4 is 0 Å². The number of nitrogens with zero attached hydrogens (tertiary/aromatic N) is 3. The van der Waals surface area contributed by atoms with Crippen molar-refractivity contribution in [1.82, 2.24) is 14.7 Å². The molecule has 5 rings (SSSR count). The van der Waals surface area contributed by atoms with Crippen molar-refractivity contribution in [3.63, 3.8) is 0 Å². The number of esters is 1. The summed E-state index contributed by atoms with van der Waals surface area (Å²) in [6.07, 6.45) is 0.372. The third kappa shape index (κ3) is 3.16. The lowest BCUT2D eigenvalue weighted by Gasteiger charge is -2.18. The molecular formula is C25H25F2N3O4. The first-order valence-electron chi connectivity index (χ1n) is 11.3. The second-order valence-electron chi connectivity index (χ2n) is 9.52. The Labute approximate surface area is 195 Å². The molecule has 34 heavy (non-hydrogen) atoms. The molecule has 1 saturated carbocycles. The number of ether oxygens (including phenoxy) is 1. The number of aromatic nitrogens is 2. The van der Waals surface area contributed by atoms with Crippen LogP contribution in [-0.4, -0.2) is 63.4 Å². The van der Waals surface area contributed by atoms with Crippen LogP contribution in [0.4, 0.5) is 8.78 Å². The lowest BCUT2D eigenvalue weighted by Crippen LogP contribution is -2.37. The van der Waals surface area contributed by atoms with Gasteiger partial charge in [-0.05, 0) is 31.5 Å². The highest BCUT2D eigenvalue weighted by Crippen LogP contribution is 2.70. The van der Waals surface area contributed by atoms with E-state index in [0.717, 1.165) is 0 Å². The Morgan fingerprint density at radius 2 is 2.15 bits per heavy atom. The van der Waals surface area contributed by atoms with Gasteiger partial charge in [-0.2, -0.15) is 5.10 Å². The molecule has 1 aromatic carbocycles. The van der Waals surface area contributed by atoms with E-state index >= 15 is 0 Å². The van der Waals surface area contributed by atoms with Gasteiger partial charge < -0.3 is 14.7 Å². The first-order chi connectivity index (χ1) is 16.0. The summed E-state index contributed by atoms with van der Waals surface area (Å²) in [6, 6.07) is 6.89. The molecule has 0 bridgehead atoms. The molecule has 178 valence electrons. The van der Waals surface area contributed by atoms with Crippen molar-refractivity contribution in [3.05, 3.63) is 46.8 Å². The molecule has 1 amide bonds. The predicted molar refractivity (Wildman–Crippen MR) is 118 cm³/mol. The molecule has 3 unspecified atom stereocenters. The number of alkyl halides is 2. The number of fused-ring (bicyclic) bond motifs is 2. The van der Waals surface area contributed by atoms with Gasteiger partial charge in [0, 0.05) is 54.6 Å². The first-order valence-corrected chi connectivity index (χ1v) is 11.3. The van der Waals surface area contributed by atoms with Crippen LogP contribution in [0.5, 0.6) is 0 Å². The summed E-state index contributed by atoms with van der Waals surface area (Å²) in [6.45, 7) is 3.82. The number of hydrogen-bond acceptors (Lipinski definition) is 5. The molecule has 0 radical (unpaired) electrons. The van der Waals surface area contributed by atoms with Crippen molar-refractivity contribution in [2.45, 2.75) is 44.6 Å². The number of amides is 1. The van der Waals surface area contributed by atoms with Gasteiger partial charge in [0.15, 0.2) is 5.69 Å². The summed E-state index contributed by atoms with van der Waals surface area (Å²) >= 11 is 0. The largest absolute Gasteiger partial charge is 0.461 e. The van der Waals surface area contributed by atoms with Gasteiger partial charge in [-0.1, -0.05) is 24.8 Å². The topological polar surface area (TPSA) is 84.7 Å². The zero-order valence-corrected chi connectivity index (χ0v) is 19.2. The van der Waals surface area contributed by atoms with Gasteiger partial charge in [0.1, 0.15) is 0 Å². The summed E-state index contributed by atoms with van der Waals surface area (Å²) < 4.78 is 35.7. The molecule has 2 heterocycles. The SMILES string of the molecule is CCOC(=O)c1nn(-c2cccc(C#CC3(O)CCN(C)C3=O)c2)c2c1CC1C(F)(F)C1(C)C2. The van der Waals surface area contributed by atoms with Crippen LogP contribution in [0.15, 0.2) is 24.3 Å². The molecule has 2 aliphatic carbocycles. The molecule has 7 nitrogen and oxygen atoms in total. The lowest BCUT2D eigenvalue weighted by molar-refractivity contribution is -0.137. The third-order valence-corrected chi connectivity index (χ3v) is 7.40. The van der Waals surface area contributed by atoms with Gasteiger partial charge in [-0.3, -0.25) is 4.79 Å². The molecule has 2 aromatic rings. The highest BCUT2D eigenvalue weighted by Gasteiger charge is 2.78. The molecule has 1 N–H and O–H groups in total. The van der Waals surface area contributed by atoms with Crippen molar-refractivity contribution in [2.24, 2.45) is 11.3 Å². The second-order valence-corrected chi connectivity index (χ2v) is 9.52. The minimum Gasteiger partial charge on any atom is -0.461 e. The third-order valence-electron chi connectivity index (χ3n) is 7.40. The fraction of sp³-hybridized carbons (Fsp3) is 0.480. The molecule has 1 aromatic heterocycles. The number of likely N-dealkylation sites (N-methyl/N-ethyl adjacent to an activating group) is 1. The lowest BCUT2D eigenvalue weighted by atomic mass is 9.87. The van der Waals surface area contributed by atoms with Crippen molar-refractivity contribution in [3.8, 4) is 17.5 Å². The molecular weight excluding hydrogens is 444 g/mol. The average Bonchev–Trinajstić information content (AvgIpc) is 3.06. The van der Waals surface area contributed by atoms with Crippen LogP contribution in [0.2, 0.25) is 0 Å². The molecule has 2 fully saturated rings. The standard InChI is InChI=1S/C25H25F2N3O4/c1-4-34-21(31)20-17-13-19-23(2,25(19,26)27)14-18(17)30(28-20)16-7-5-6-15(12-16)8-9-24(33)10-11-29(3)22(24)32/h5-7,12,19,33H,4,10-11,13-14H2,1-3H3. The van der Waals surface area contributed by atoms with E-state index in [1.807, 2.05) is 0 Å². The van der Waals surface area contributed by atoms with E-state index in [4.69, 9.17) is 4.74 Å². The molecule has 3 atom stereocenters. The number of aliphatic hydroxyl groups is 1. The quantitative estimate of drug-likeness (QED) is 0.551. The van der Waals surface area contributed by atoms with E-state index in [-0.39, 0.29) is 31.6 Å². The molecule has 0 spiro atoms. The number of likely N-dealkylation sites (tertiary alicyclic amines) is 1. The molecule has 9 heteroatoms. The Hall–Kier alpha value is -3.25. The molecule has 3 aliphatic rings. The van der Waals surface area contributed by atoms with Gasteiger partial charge in [-0.15, -0.1) is 0 Å². The van der Waals surface area contributed by atoms with Crippen LogP contribution in [0.25, 0.3) is 5.69 Å². The normalized spacial score (nSPS) is 28.6. The summed E-state index contributed by atoms with van der Waals surface area (Å²) in [5.41, 5.74) is -0.697. The van der Waals surface area contributed by atoms with Crippen LogP contribution in [0, 0.1) is 23.2 Å². The minimum absolute atomic E-state index is 0.0620. The van der Waals surface area contributed by atoms with Crippen LogP contribution >= 0.6 is 0 Å². The zero-order valence-electron chi connectivity index (χ0n) is 19.2. The monoisotopic (exact) mass is 469 g/mol. The Morgan fingerprint density at radius 1 is 1.38 bits per heavy atom. The minimum atomic E-state index is -2.80. The van der Waals surface area contributed by atoms with Crippen molar-refractivity contribution < 1.29 is 28.2 Å². The van der Waals surface area contributed by atoms with Gasteiger partial charge in [0.2, 0.25) is 5.60 Å². The van der Waals surface area contributed by atoms with E-state index in [0.29, 0.717) is 29.1 Å². The Kier molecular flexibility index (Phi) is 4.89. The highest BCUT2D eigenvalue weighted by atomic mass is 19.3. The number of benzene rings is 1. The maximum atomic E-state index is 14.5. The Morgan fingerprint density at radius 3 is 2.82 bits per heavy atom. The number of hydrogen-bond donors (Lipinski definition) is 1. The van der Waals surface area contributed by atoms with Crippen molar-refractivity contribution in [2.75, 3.05) is 20.2 Å². The van der Waals surface area contributed by atoms with E-state index in [1.165, 1.54) is 9.58 Å². The Balaban J connectivity index is 1.54. The fourth-order valence-corrected chi connectivity index (χ4v) is 5.14. The number of carbonyl (C=O) groups is 2. The van der Waals surface area contributed by atoms with E-state index in [2.05, 4.69) is 16.9 Å². The maximum absolute atomic E-state index is 14.5. The van der Waals surface area contributed by atoms with Crippen molar-refractivity contribution >= 4 is 11.9 Å². The summed E-state index contributed by atoms with van der Waals surface area (Å²) in [7, 11) is 1.61. The van der Waals surface area contributed by atoms with E-state index in [1.54, 1.807) is 45.2 Å². The molecule has 1 saturated heterocycles. The van der Waals surface area contributed by atoms with Gasteiger partial charge in [-0.25, -0.2) is 18.3 Å². The zero-order chi connectivity index (χ0) is 24.5. The van der Waals surface area contributed by atoms with Gasteiger partial charge >= 0.3 is 5.97 Å². The van der Waals surface area contributed by atoms with E-state index < -0.39 is 34.7 Å². The summed E-state index contributed by atoms with van der Waals surface area (Å²) in [5, 5.41) is 15.0. The number of rotatable bonds is 3. The smallest absolute Gasteiger partial charge is 0.359 e. The predicted octanol–water partition coefficient (Wildman–Crippen LogP) is 2.36. The molecule has 1 aliphatic heterocycles. The van der Waals surface area contributed by atoms with Crippen LogP contribution in [0.3, 0.4) is 0 Å². The van der Waals surface area contributed by atoms with Crippen LogP contribution in [-0.2, 0) is 22.4 Å². The van der Waals surface area contributed by atoms with Gasteiger partial charge in [0.05, 0.1) is 12.3 Å². The highest BCUT2D eigenvalue weighted by molar-refractivity contribution is 5.90. The summed E-state index contributed by atoms with van der Waals surface area (Å²) in [5.74, 6) is 0.840. The van der Waals surface area contributed by atoms with Crippen LogP contribution in [0.1, 0.15) is 47.6 Å². The number of carbonyl (C=O) groups excluding carboxylic acids is 2. The maximum Gasteiger partial charge on any atom is 0.359 e. The summed E-state index contributed by atoms with van der Waals surface area (Å²) in [4.78, 5) is 26.2. The fourth-order valence-electron chi connectivity index (χ4n) is 5.14. The van der Waals surface area contributed by atoms with Crippen molar-refractivity contribution in [1.29, 1.82) is 0 Å². The van der Waals surface area contributed by atoms with Gasteiger partial charge in [0.25, 0.3) is 11.8 Å². The average molecular weight is 469 g/mol. The van der Waals surface area contributed by atoms with E-state index in [9.17, 15) is 23.5 Å². The Bertz CT molecular complexity index is 1280. The second kappa shape index (κ2) is 7.37. The first kappa shape index (κ1) is 22.5. The number of halogens is 2.